The van der Waals surface area contributed by atoms with Crippen molar-refractivity contribution in [2.45, 2.75) is 13.8 Å². The number of hydrogen-bond donors (Lipinski definition) is 0. The number of aromatic nitrogens is 3. The smallest absolute Gasteiger partial charge is 0.164 e. The molecule has 42 heavy (non-hydrogen) atoms. The predicted octanol–water partition coefficient (Wildman–Crippen LogP) is 9.98. The molecule has 0 spiro atoms. The summed E-state index contributed by atoms with van der Waals surface area (Å²) < 4.78 is 0. The van der Waals surface area contributed by atoms with Crippen LogP contribution in [0.4, 0.5) is 0 Å². The van der Waals surface area contributed by atoms with Gasteiger partial charge in [0, 0.05) is 16.7 Å². The van der Waals surface area contributed by atoms with Gasteiger partial charge in [0.05, 0.1) is 0 Å². The summed E-state index contributed by atoms with van der Waals surface area (Å²) in [7, 11) is 0. The first-order valence-corrected chi connectivity index (χ1v) is 14.2. The van der Waals surface area contributed by atoms with Gasteiger partial charge in [-0.15, -0.1) is 0 Å². The molecule has 0 saturated heterocycles. The van der Waals surface area contributed by atoms with E-state index in [1.54, 1.807) is 0 Å². The maximum Gasteiger partial charge on any atom is 0.164 e. The Kier molecular flexibility index (Phi) is 6.61. The molecule has 1 heterocycles. The van der Waals surface area contributed by atoms with Crippen LogP contribution in [0, 0.1) is 13.8 Å². The molecule has 0 saturated carbocycles. The van der Waals surface area contributed by atoms with E-state index in [9.17, 15) is 0 Å². The van der Waals surface area contributed by atoms with Gasteiger partial charge in [-0.05, 0) is 65.1 Å². The van der Waals surface area contributed by atoms with Crippen LogP contribution in [0.5, 0.6) is 0 Å². The Bertz CT molecular complexity index is 1960. The highest BCUT2D eigenvalue weighted by Crippen LogP contribution is 2.36. The average Bonchev–Trinajstić information content (AvgIpc) is 3.04. The van der Waals surface area contributed by atoms with Crippen LogP contribution in [0.3, 0.4) is 0 Å². The van der Waals surface area contributed by atoms with Crippen molar-refractivity contribution in [1.82, 2.24) is 15.0 Å². The molecular formula is C39H29N3. The van der Waals surface area contributed by atoms with Crippen molar-refractivity contribution in [2.75, 3.05) is 0 Å². The standard InChI is InChI=1S/C39H29N3/c1-26-20-27(2)22-31(21-26)32-23-33(36-19-11-17-28-12-9-10-18-35(28)36)25-34(24-32)39-41-37(29-13-5-3-6-14-29)40-38(42-39)30-15-7-4-8-16-30/h3-25H,1-2H3. The number of rotatable bonds is 5. The molecule has 0 unspecified atom stereocenters. The highest BCUT2D eigenvalue weighted by molar-refractivity contribution is 5.98. The largest absolute Gasteiger partial charge is 0.208 e. The van der Waals surface area contributed by atoms with Gasteiger partial charge in [0.15, 0.2) is 17.5 Å². The minimum absolute atomic E-state index is 0.649. The third kappa shape index (κ3) is 5.09. The second-order valence-corrected chi connectivity index (χ2v) is 10.7. The van der Waals surface area contributed by atoms with Crippen molar-refractivity contribution in [3.63, 3.8) is 0 Å². The van der Waals surface area contributed by atoms with Gasteiger partial charge in [0.2, 0.25) is 0 Å². The molecular weight excluding hydrogens is 510 g/mol. The molecule has 6 aromatic carbocycles. The molecule has 0 amide bonds. The zero-order valence-electron chi connectivity index (χ0n) is 23.6. The van der Waals surface area contributed by atoms with Crippen molar-refractivity contribution in [2.24, 2.45) is 0 Å². The van der Waals surface area contributed by atoms with Crippen LogP contribution in [-0.2, 0) is 0 Å². The first-order valence-electron chi connectivity index (χ1n) is 14.2. The Morgan fingerprint density at radius 1 is 0.357 bits per heavy atom. The molecule has 1 aromatic heterocycles. The summed E-state index contributed by atoms with van der Waals surface area (Å²) in [5.74, 6) is 1.96. The Balaban J connectivity index is 1.50. The molecule has 0 fully saturated rings. The molecule has 3 heteroatoms. The highest BCUT2D eigenvalue weighted by Gasteiger charge is 2.15. The lowest BCUT2D eigenvalue weighted by atomic mass is 9.92. The van der Waals surface area contributed by atoms with E-state index in [2.05, 4.69) is 92.7 Å². The van der Waals surface area contributed by atoms with Gasteiger partial charge >= 0.3 is 0 Å². The predicted molar refractivity (Wildman–Crippen MR) is 174 cm³/mol. The van der Waals surface area contributed by atoms with Crippen LogP contribution in [0.25, 0.3) is 67.2 Å². The van der Waals surface area contributed by atoms with Crippen LogP contribution >= 0.6 is 0 Å². The lowest BCUT2D eigenvalue weighted by Gasteiger charge is -2.14. The second-order valence-electron chi connectivity index (χ2n) is 10.7. The molecule has 0 N–H and O–H groups in total. The molecule has 0 aliphatic carbocycles. The average molecular weight is 540 g/mol. The van der Waals surface area contributed by atoms with Gasteiger partial charge in [0.25, 0.3) is 0 Å². The molecule has 0 bridgehead atoms. The van der Waals surface area contributed by atoms with Crippen molar-refractivity contribution < 1.29 is 0 Å². The summed E-state index contributed by atoms with van der Waals surface area (Å²) in [5.41, 5.74) is 9.95. The summed E-state index contributed by atoms with van der Waals surface area (Å²) in [6, 6.07) is 48.7. The molecule has 7 rings (SSSR count). The lowest BCUT2D eigenvalue weighted by molar-refractivity contribution is 1.07. The lowest BCUT2D eigenvalue weighted by Crippen LogP contribution is -2.00. The Labute approximate surface area is 246 Å². The minimum Gasteiger partial charge on any atom is -0.208 e. The topological polar surface area (TPSA) is 38.7 Å². The molecule has 7 aromatic rings. The van der Waals surface area contributed by atoms with E-state index in [-0.39, 0.29) is 0 Å². The quantitative estimate of drug-likeness (QED) is 0.218. The molecule has 0 radical (unpaired) electrons. The fourth-order valence-electron chi connectivity index (χ4n) is 5.64. The summed E-state index contributed by atoms with van der Waals surface area (Å²) in [6.45, 7) is 4.30. The third-order valence-corrected chi connectivity index (χ3v) is 7.55. The molecule has 0 atom stereocenters. The number of aryl methyl sites for hydroxylation is 2. The van der Waals surface area contributed by atoms with Crippen LogP contribution in [-0.4, -0.2) is 15.0 Å². The van der Waals surface area contributed by atoms with Gasteiger partial charge in [-0.2, -0.15) is 0 Å². The fourth-order valence-corrected chi connectivity index (χ4v) is 5.64. The molecule has 200 valence electrons. The van der Waals surface area contributed by atoms with E-state index in [0.717, 1.165) is 27.8 Å². The van der Waals surface area contributed by atoms with Gasteiger partial charge in [-0.3, -0.25) is 0 Å². The maximum atomic E-state index is 5.04. The first-order chi connectivity index (χ1) is 20.6. The number of fused-ring (bicyclic) bond motifs is 1. The zero-order chi connectivity index (χ0) is 28.5. The second kappa shape index (κ2) is 10.9. The van der Waals surface area contributed by atoms with Crippen LogP contribution in [0.2, 0.25) is 0 Å². The monoisotopic (exact) mass is 539 g/mol. The Hall–Kier alpha value is -5.41. The summed E-state index contributed by atoms with van der Waals surface area (Å²) in [4.78, 5) is 15.0. The molecule has 0 aliphatic heterocycles. The van der Waals surface area contributed by atoms with Crippen LogP contribution in [0.15, 0.2) is 140 Å². The fraction of sp³-hybridized carbons (Fsp3) is 0.0513. The summed E-state index contributed by atoms with van der Waals surface area (Å²) in [5, 5.41) is 2.43. The van der Waals surface area contributed by atoms with E-state index in [1.807, 2.05) is 60.7 Å². The van der Waals surface area contributed by atoms with E-state index >= 15 is 0 Å². The first kappa shape index (κ1) is 25.6. The van der Waals surface area contributed by atoms with E-state index in [1.165, 1.54) is 33.0 Å². The third-order valence-electron chi connectivity index (χ3n) is 7.55. The van der Waals surface area contributed by atoms with E-state index in [0.29, 0.717) is 17.5 Å². The molecule has 0 aliphatic rings. The van der Waals surface area contributed by atoms with Crippen molar-refractivity contribution >= 4 is 10.8 Å². The number of hydrogen-bond acceptors (Lipinski definition) is 3. The van der Waals surface area contributed by atoms with Crippen LogP contribution < -0.4 is 0 Å². The molecule has 3 nitrogen and oxygen atoms in total. The summed E-state index contributed by atoms with van der Waals surface area (Å²) in [6.07, 6.45) is 0. The summed E-state index contributed by atoms with van der Waals surface area (Å²) >= 11 is 0. The van der Waals surface area contributed by atoms with Gasteiger partial charge in [0.1, 0.15) is 0 Å². The van der Waals surface area contributed by atoms with Crippen molar-refractivity contribution in [3.8, 4) is 56.4 Å². The van der Waals surface area contributed by atoms with E-state index in [4.69, 9.17) is 15.0 Å². The number of nitrogens with zero attached hydrogens (tertiary/aromatic N) is 3. The highest BCUT2D eigenvalue weighted by atomic mass is 15.0. The normalized spacial score (nSPS) is 11.1. The number of benzene rings is 6. The maximum absolute atomic E-state index is 5.04. The van der Waals surface area contributed by atoms with Crippen molar-refractivity contribution in [3.05, 3.63) is 151 Å². The van der Waals surface area contributed by atoms with Gasteiger partial charge in [-0.25, -0.2) is 15.0 Å². The van der Waals surface area contributed by atoms with E-state index < -0.39 is 0 Å². The van der Waals surface area contributed by atoms with Crippen molar-refractivity contribution in [1.29, 1.82) is 0 Å². The Morgan fingerprint density at radius 2 is 0.833 bits per heavy atom. The van der Waals surface area contributed by atoms with Gasteiger partial charge in [-0.1, -0.05) is 132 Å². The SMILES string of the molecule is Cc1cc(C)cc(-c2cc(-c3nc(-c4ccccc4)nc(-c4ccccc4)n3)cc(-c3cccc4ccccc34)c2)c1. The Morgan fingerprint density at radius 3 is 1.48 bits per heavy atom. The zero-order valence-corrected chi connectivity index (χ0v) is 23.6. The van der Waals surface area contributed by atoms with Crippen LogP contribution in [0.1, 0.15) is 11.1 Å². The van der Waals surface area contributed by atoms with Gasteiger partial charge < -0.3 is 0 Å². The minimum atomic E-state index is 0.649.